The van der Waals surface area contributed by atoms with Crippen LogP contribution in [-0.2, 0) is 4.79 Å². The van der Waals surface area contributed by atoms with Crippen LogP contribution in [0.4, 0.5) is 0 Å². The second-order valence-corrected chi connectivity index (χ2v) is 7.80. The zero-order valence-electron chi connectivity index (χ0n) is 11.5. The SMILES string of the molecule is CC1CN(C(=O)CC(N)CC(C)(C)C)CCS1. The van der Waals surface area contributed by atoms with E-state index in [-0.39, 0.29) is 17.4 Å². The highest BCUT2D eigenvalue weighted by Crippen LogP contribution is 2.22. The van der Waals surface area contributed by atoms with Gasteiger partial charge < -0.3 is 10.6 Å². The van der Waals surface area contributed by atoms with Crippen molar-refractivity contribution < 1.29 is 4.79 Å². The molecule has 1 heterocycles. The summed E-state index contributed by atoms with van der Waals surface area (Å²) in [4.78, 5) is 14.1. The van der Waals surface area contributed by atoms with Gasteiger partial charge in [-0.25, -0.2) is 0 Å². The van der Waals surface area contributed by atoms with Crippen molar-refractivity contribution in [3.63, 3.8) is 0 Å². The highest BCUT2D eigenvalue weighted by molar-refractivity contribution is 7.99. The molecule has 1 aliphatic rings. The van der Waals surface area contributed by atoms with Gasteiger partial charge in [0.15, 0.2) is 0 Å². The van der Waals surface area contributed by atoms with Crippen LogP contribution in [0.5, 0.6) is 0 Å². The minimum atomic E-state index is -0.00705. The third-order valence-corrected chi connectivity index (χ3v) is 4.04. The Labute approximate surface area is 109 Å². The van der Waals surface area contributed by atoms with Crippen molar-refractivity contribution in [1.29, 1.82) is 0 Å². The van der Waals surface area contributed by atoms with Crippen molar-refractivity contribution in [3.05, 3.63) is 0 Å². The molecule has 4 heteroatoms. The second kappa shape index (κ2) is 6.10. The highest BCUT2D eigenvalue weighted by atomic mass is 32.2. The molecule has 2 atom stereocenters. The molecule has 0 saturated carbocycles. The van der Waals surface area contributed by atoms with E-state index in [0.29, 0.717) is 11.7 Å². The number of carbonyl (C=O) groups is 1. The van der Waals surface area contributed by atoms with Gasteiger partial charge in [-0.2, -0.15) is 11.8 Å². The van der Waals surface area contributed by atoms with Crippen molar-refractivity contribution in [2.75, 3.05) is 18.8 Å². The zero-order chi connectivity index (χ0) is 13.1. The summed E-state index contributed by atoms with van der Waals surface area (Å²) in [5, 5.41) is 0.562. The number of nitrogens with two attached hydrogens (primary N) is 1. The highest BCUT2D eigenvalue weighted by Gasteiger charge is 2.24. The summed E-state index contributed by atoms with van der Waals surface area (Å²) in [7, 11) is 0. The molecule has 0 aromatic carbocycles. The lowest BCUT2D eigenvalue weighted by atomic mass is 9.87. The molecule has 3 nitrogen and oxygen atoms in total. The minimum Gasteiger partial charge on any atom is -0.341 e. The molecule has 0 bridgehead atoms. The van der Waals surface area contributed by atoms with Crippen molar-refractivity contribution in [2.45, 2.75) is 51.8 Å². The third kappa shape index (κ3) is 5.77. The van der Waals surface area contributed by atoms with Crippen molar-refractivity contribution in [1.82, 2.24) is 4.90 Å². The topological polar surface area (TPSA) is 46.3 Å². The van der Waals surface area contributed by atoms with Crippen LogP contribution in [0.2, 0.25) is 0 Å². The van der Waals surface area contributed by atoms with E-state index >= 15 is 0 Å². The first kappa shape index (κ1) is 14.8. The van der Waals surface area contributed by atoms with E-state index in [9.17, 15) is 4.79 Å². The summed E-state index contributed by atoms with van der Waals surface area (Å²) in [6.07, 6.45) is 1.39. The number of rotatable bonds is 3. The van der Waals surface area contributed by atoms with Crippen LogP contribution in [0.15, 0.2) is 0 Å². The monoisotopic (exact) mass is 258 g/mol. The number of carbonyl (C=O) groups excluding carboxylic acids is 1. The maximum absolute atomic E-state index is 12.1. The standard InChI is InChI=1S/C13H26N2OS/c1-10-9-15(5-6-17-10)12(16)7-11(14)8-13(2,3)4/h10-11H,5-9,14H2,1-4H3. The first-order valence-electron chi connectivity index (χ1n) is 6.43. The lowest BCUT2D eigenvalue weighted by molar-refractivity contribution is -0.131. The normalized spacial score (nSPS) is 23.6. The fourth-order valence-electron chi connectivity index (χ4n) is 2.26. The van der Waals surface area contributed by atoms with Crippen molar-refractivity contribution >= 4 is 17.7 Å². The number of hydrogen-bond acceptors (Lipinski definition) is 3. The molecule has 0 aromatic heterocycles. The molecule has 1 saturated heterocycles. The van der Waals surface area contributed by atoms with Gasteiger partial charge in [-0.3, -0.25) is 4.79 Å². The van der Waals surface area contributed by atoms with Crippen LogP contribution in [0.3, 0.4) is 0 Å². The van der Waals surface area contributed by atoms with Gasteiger partial charge in [0.25, 0.3) is 0 Å². The Morgan fingerprint density at radius 1 is 1.53 bits per heavy atom. The second-order valence-electron chi connectivity index (χ2n) is 6.25. The average Bonchev–Trinajstić information content (AvgIpc) is 2.14. The lowest BCUT2D eigenvalue weighted by Crippen LogP contribution is -2.43. The molecule has 0 radical (unpaired) electrons. The van der Waals surface area contributed by atoms with Gasteiger partial charge in [0.1, 0.15) is 0 Å². The molecular formula is C13H26N2OS. The molecule has 0 aromatic rings. The van der Waals surface area contributed by atoms with Gasteiger partial charge in [-0.05, 0) is 11.8 Å². The van der Waals surface area contributed by atoms with E-state index in [1.165, 1.54) is 0 Å². The zero-order valence-corrected chi connectivity index (χ0v) is 12.3. The molecular weight excluding hydrogens is 232 g/mol. The quantitative estimate of drug-likeness (QED) is 0.843. The van der Waals surface area contributed by atoms with E-state index in [1.54, 1.807) is 0 Å². The number of nitrogens with zero attached hydrogens (tertiary/aromatic N) is 1. The summed E-state index contributed by atoms with van der Waals surface area (Å²) in [6.45, 7) is 10.4. The van der Waals surface area contributed by atoms with Gasteiger partial charge in [-0.15, -0.1) is 0 Å². The Balaban J connectivity index is 2.38. The van der Waals surface area contributed by atoms with Crippen LogP contribution in [-0.4, -0.2) is 40.9 Å². The fourth-order valence-corrected chi connectivity index (χ4v) is 3.27. The molecule has 100 valence electrons. The van der Waals surface area contributed by atoms with Gasteiger partial charge in [0.2, 0.25) is 5.91 Å². The van der Waals surface area contributed by atoms with Crippen LogP contribution >= 0.6 is 11.8 Å². The molecule has 0 aliphatic carbocycles. The number of thioether (sulfide) groups is 1. The minimum absolute atomic E-state index is 0.00705. The van der Waals surface area contributed by atoms with Gasteiger partial charge in [-0.1, -0.05) is 27.7 Å². The Morgan fingerprint density at radius 2 is 2.18 bits per heavy atom. The molecule has 0 spiro atoms. The fraction of sp³-hybridized carbons (Fsp3) is 0.923. The maximum Gasteiger partial charge on any atom is 0.224 e. The molecule has 2 N–H and O–H groups in total. The van der Waals surface area contributed by atoms with Crippen LogP contribution in [0.25, 0.3) is 0 Å². The van der Waals surface area contributed by atoms with Crippen LogP contribution < -0.4 is 5.73 Å². The lowest BCUT2D eigenvalue weighted by Gasteiger charge is -2.32. The summed E-state index contributed by atoms with van der Waals surface area (Å²) < 4.78 is 0. The van der Waals surface area contributed by atoms with Gasteiger partial charge >= 0.3 is 0 Å². The average molecular weight is 258 g/mol. The van der Waals surface area contributed by atoms with Crippen molar-refractivity contribution in [3.8, 4) is 0 Å². The molecule has 1 rings (SSSR count). The third-order valence-electron chi connectivity index (χ3n) is 2.91. The molecule has 1 fully saturated rings. The Bertz CT molecular complexity index is 263. The summed E-state index contributed by atoms with van der Waals surface area (Å²) >= 11 is 1.94. The number of amides is 1. The summed E-state index contributed by atoms with van der Waals surface area (Å²) in [5.41, 5.74) is 6.25. The largest absolute Gasteiger partial charge is 0.341 e. The van der Waals surface area contributed by atoms with E-state index in [0.717, 1.165) is 25.3 Å². The summed E-state index contributed by atoms with van der Waals surface area (Å²) in [6, 6.07) is -0.00705. The van der Waals surface area contributed by atoms with E-state index < -0.39 is 0 Å². The van der Waals surface area contributed by atoms with Crippen LogP contribution in [0.1, 0.15) is 40.5 Å². The Morgan fingerprint density at radius 3 is 2.71 bits per heavy atom. The van der Waals surface area contributed by atoms with Gasteiger partial charge in [0.05, 0.1) is 0 Å². The van der Waals surface area contributed by atoms with Crippen molar-refractivity contribution in [2.24, 2.45) is 11.1 Å². The predicted molar refractivity (Wildman–Crippen MR) is 75.2 cm³/mol. The van der Waals surface area contributed by atoms with E-state index in [2.05, 4.69) is 27.7 Å². The molecule has 1 aliphatic heterocycles. The smallest absolute Gasteiger partial charge is 0.224 e. The van der Waals surface area contributed by atoms with Gasteiger partial charge in [0, 0.05) is 36.6 Å². The maximum atomic E-state index is 12.1. The van der Waals surface area contributed by atoms with Crippen LogP contribution in [0, 0.1) is 5.41 Å². The molecule has 17 heavy (non-hydrogen) atoms. The predicted octanol–water partition coefficient (Wildman–Crippen LogP) is 2.10. The number of hydrogen-bond donors (Lipinski definition) is 1. The van der Waals surface area contributed by atoms with E-state index in [4.69, 9.17) is 5.73 Å². The first-order chi connectivity index (χ1) is 7.78. The first-order valence-corrected chi connectivity index (χ1v) is 7.48. The Hall–Kier alpha value is -0.220. The summed E-state index contributed by atoms with van der Waals surface area (Å²) in [5.74, 6) is 1.29. The molecule has 2 unspecified atom stereocenters. The van der Waals surface area contributed by atoms with E-state index in [1.807, 2.05) is 16.7 Å². The molecule has 1 amide bonds. The Kier molecular flexibility index (Phi) is 5.32.